The topological polar surface area (TPSA) is 64.4 Å². The van der Waals surface area contributed by atoms with Crippen molar-refractivity contribution < 1.29 is 13.2 Å². The summed E-state index contributed by atoms with van der Waals surface area (Å²) >= 11 is 0. The highest BCUT2D eigenvalue weighted by Crippen LogP contribution is 2.47. The molecule has 2 heterocycles. The molecule has 0 spiro atoms. The highest BCUT2D eigenvalue weighted by Gasteiger charge is 2.47. The van der Waals surface area contributed by atoms with Gasteiger partial charge in [-0.05, 0) is 43.9 Å². The van der Waals surface area contributed by atoms with Gasteiger partial charge >= 0.3 is 0 Å². The maximum atomic E-state index is 12.9. The van der Waals surface area contributed by atoms with Crippen molar-refractivity contribution in [1.82, 2.24) is 14.1 Å². The SMILES string of the molecule is CN(C(C1CC1)C1CC1)S(=O)(=O)c1cnn(C2CCOC2)c1. The van der Waals surface area contributed by atoms with Crippen molar-refractivity contribution >= 4 is 10.0 Å². The molecule has 0 radical (unpaired) electrons. The highest BCUT2D eigenvalue weighted by atomic mass is 32.2. The van der Waals surface area contributed by atoms with E-state index in [1.54, 1.807) is 22.2 Å². The Bertz CT molecular complexity index is 631. The lowest BCUT2D eigenvalue weighted by molar-refractivity contribution is 0.184. The maximum Gasteiger partial charge on any atom is 0.246 e. The fraction of sp³-hybridized carbons (Fsp3) is 0.800. The van der Waals surface area contributed by atoms with E-state index in [-0.39, 0.29) is 12.1 Å². The monoisotopic (exact) mass is 325 g/mol. The van der Waals surface area contributed by atoms with Crippen molar-refractivity contribution in [2.75, 3.05) is 20.3 Å². The average Bonchev–Trinajstić information content (AvgIpc) is 3.39. The van der Waals surface area contributed by atoms with Gasteiger partial charge in [-0.1, -0.05) is 0 Å². The van der Waals surface area contributed by atoms with Gasteiger partial charge in [0.05, 0.1) is 18.8 Å². The summed E-state index contributed by atoms with van der Waals surface area (Å²) in [6.07, 6.45) is 8.71. The van der Waals surface area contributed by atoms with E-state index in [0.29, 0.717) is 23.3 Å². The molecule has 6 nitrogen and oxygen atoms in total. The number of sulfonamides is 1. The molecule has 4 rings (SSSR count). The van der Waals surface area contributed by atoms with Crippen LogP contribution in [0.3, 0.4) is 0 Å². The molecule has 7 heteroatoms. The van der Waals surface area contributed by atoms with Gasteiger partial charge in [0.15, 0.2) is 0 Å². The third-order valence-electron chi connectivity index (χ3n) is 5.16. The first-order valence-corrected chi connectivity index (χ1v) is 9.61. The van der Waals surface area contributed by atoms with E-state index in [1.165, 1.54) is 31.9 Å². The Morgan fingerprint density at radius 3 is 2.50 bits per heavy atom. The van der Waals surface area contributed by atoms with Crippen molar-refractivity contribution in [2.45, 2.75) is 49.1 Å². The predicted molar refractivity (Wildman–Crippen MR) is 80.9 cm³/mol. The van der Waals surface area contributed by atoms with Crippen LogP contribution in [-0.2, 0) is 14.8 Å². The third kappa shape index (κ3) is 2.59. The lowest BCUT2D eigenvalue weighted by Crippen LogP contribution is -2.39. The average molecular weight is 325 g/mol. The smallest absolute Gasteiger partial charge is 0.246 e. The summed E-state index contributed by atoms with van der Waals surface area (Å²) in [5.41, 5.74) is 0. The zero-order chi connectivity index (χ0) is 15.3. The minimum atomic E-state index is -3.45. The Kier molecular flexibility index (Phi) is 3.54. The van der Waals surface area contributed by atoms with Gasteiger partial charge in [-0.15, -0.1) is 0 Å². The number of rotatable bonds is 6. The maximum absolute atomic E-state index is 12.9. The van der Waals surface area contributed by atoms with Crippen LogP contribution in [0.5, 0.6) is 0 Å². The van der Waals surface area contributed by atoms with Gasteiger partial charge in [-0.3, -0.25) is 4.68 Å². The van der Waals surface area contributed by atoms with Crippen LogP contribution >= 0.6 is 0 Å². The second kappa shape index (κ2) is 5.32. The number of hydrogen-bond acceptors (Lipinski definition) is 4. The van der Waals surface area contributed by atoms with Crippen LogP contribution in [0, 0.1) is 11.8 Å². The molecule has 1 unspecified atom stereocenters. The van der Waals surface area contributed by atoms with Gasteiger partial charge in [0.1, 0.15) is 4.90 Å². The number of hydrogen-bond donors (Lipinski definition) is 0. The van der Waals surface area contributed by atoms with E-state index in [4.69, 9.17) is 4.74 Å². The minimum absolute atomic E-state index is 0.164. The van der Waals surface area contributed by atoms with Gasteiger partial charge in [0.2, 0.25) is 10.0 Å². The van der Waals surface area contributed by atoms with Gasteiger partial charge in [-0.25, -0.2) is 8.42 Å². The predicted octanol–water partition coefficient (Wildman–Crippen LogP) is 1.65. The number of ether oxygens (including phenoxy) is 1. The van der Waals surface area contributed by atoms with Crippen molar-refractivity contribution in [1.29, 1.82) is 0 Å². The molecule has 2 aliphatic carbocycles. The first-order chi connectivity index (χ1) is 10.6. The van der Waals surface area contributed by atoms with Crippen molar-refractivity contribution in [3.8, 4) is 0 Å². The Morgan fingerprint density at radius 1 is 1.27 bits per heavy atom. The van der Waals surface area contributed by atoms with Crippen LogP contribution in [0.15, 0.2) is 17.3 Å². The number of nitrogens with zero attached hydrogens (tertiary/aromatic N) is 3. The zero-order valence-corrected chi connectivity index (χ0v) is 13.7. The molecule has 1 aromatic rings. The van der Waals surface area contributed by atoms with Crippen LogP contribution in [0.1, 0.15) is 38.1 Å². The van der Waals surface area contributed by atoms with Crippen LogP contribution < -0.4 is 0 Å². The first kappa shape index (κ1) is 14.7. The molecule has 3 aliphatic rings. The van der Waals surface area contributed by atoms with Gasteiger partial charge < -0.3 is 4.74 Å². The summed E-state index contributed by atoms with van der Waals surface area (Å²) in [6, 6.07) is 0.347. The quantitative estimate of drug-likeness (QED) is 0.798. The molecule has 1 aromatic heterocycles. The lowest BCUT2D eigenvalue weighted by Gasteiger charge is -2.27. The fourth-order valence-electron chi connectivity index (χ4n) is 3.56. The molecule has 0 bridgehead atoms. The Balaban J connectivity index is 1.56. The molecule has 1 aliphatic heterocycles. The molecule has 122 valence electrons. The molecule has 2 saturated carbocycles. The Morgan fingerprint density at radius 2 is 1.95 bits per heavy atom. The standard InChI is InChI=1S/C15H23N3O3S/c1-17(15(11-2-3-11)12-4-5-12)22(19,20)14-8-16-18(9-14)13-6-7-21-10-13/h8-9,11-13,15H,2-7,10H2,1H3. The third-order valence-corrected chi connectivity index (χ3v) is 6.97. The molecular formula is C15H23N3O3S. The Hall–Kier alpha value is -0.920. The van der Waals surface area contributed by atoms with E-state index < -0.39 is 10.0 Å². The summed E-state index contributed by atoms with van der Waals surface area (Å²) in [6.45, 7) is 1.34. The summed E-state index contributed by atoms with van der Waals surface area (Å²) in [5.74, 6) is 1.12. The van der Waals surface area contributed by atoms with Crippen LogP contribution in [-0.4, -0.2) is 48.8 Å². The number of aromatic nitrogens is 2. The lowest BCUT2D eigenvalue weighted by atomic mass is 10.1. The van der Waals surface area contributed by atoms with Crippen LogP contribution in [0.4, 0.5) is 0 Å². The summed E-state index contributed by atoms with van der Waals surface area (Å²) < 4.78 is 34.5. The molecule has 0 aromatic carbocycles. The molecule has 22 heavy (non-hydrogen) atoms. The van der Waals surface area contributed by atoms with Gasteiger partial charge in [-0.2, -0.15) is 9.40 Å². The Labute approximate surface area is 131 Å². The van der Waals surface area contributed by atoms with Crippen LogP contribution in [0.2, 0.25) is 0 Å². The van der Waals surface area contributed by atoms with Gasteiger partial charge in [0.25, 0.3) is 0 Å². The molecule has 1 atom stereocenters. The van der Waals surface area contributed by atoms with E-state index in [2.05, 4.69) is 5.10 Å². The van der Waals surface area contributed by atoms with Crippen molar-refractivity contribution in [3.05, 3.63) is 12.4 Å². The molecule has 0 N–H and O–H groups in total. The largest absolute Gasteiger partial charge is 0.379 e. The fourth-order valence-corrected chi connectivity index (χ4v) is 4.98. The second-order valence-corrected chi connectivity index (χ2v) is 8.86. The molecular weight excluding hydrogens is 302 g/mol. The highest BCUT2D eigenvalue weighted by molar-refractivity contribution is 7.89. The van der Waals surface area contributed by atoms with E-state index >= 15 is 0 Å². The first-order valence-electron chi connectivity index (χ1n) is 8.17. The van der Waals surface area contributed by atoms with E-state index in [1.807, 2.05) is 0 Å². The summed E-state index contributed by atoms with van der Waals surface area (Å²) in [4.78, 5) is 0.313. The molecule has 3 fully saturated rings. The summed E-state index contributed by atoms with van der Waals surface area (Å²) in [5, 5.41) is 4.26. The van der Waals surface area contributed by atoms with Crippen molar-refractivity contribution in [2.24, 2.45) is 11.8 Å². The van der Waals surface area contributed by atoms with E-state index in [9.17, 15) is 8.42 Å². The zero-order valence-electron chi connectivity index (χ0n) is 12.9. The molecule has 1 saturated heterocycles. The molecule has 0 amide bonds. The van der Waals surface area contributed by atoms with Crippen LogP contribution in [0.25, 0.3) is 0 Å². The summed E-state index contributed by atoms with van der Waals surface area (Å²) in [7, 11) is -1.71. The van der Waals surface area contributed by atoms with E-state index in [0.717, 1.165) is 13.0 Å². The second-order valence-electron chi connectivity index (χ2n) is 6.86. The minimum Gasteiger partial charge on any atom is -0.379 e. The normalized spacial score (nSPS) is 26.2. The van der Waals surface area contributed by atoms with Crippen molar-refractivity contribution in [3.63, 3.8) is 0 Å². The van der Waals surface area contributed by atoms with Gasteiger partial charge in [0, 0.05) is 25.9 Å².